The number of nitrogens with one attached hydrogen (secondary N) is 1. The first-order valence-electron chi connectivity index (χ1n) is 13.7. The summed E-state index contributed by atoms with van der Waals surface area (Å²) >= 11 is 0. The molecule has 3 aromatic rings. The van der Waals surface area contributed by atoms with Gasteiger partial charge in [-0.05, 0) is 57.3 Å². The van der Waals surface area contributed by atoms with Crippen molar-refractivity contribution in [2.24, 2.45) is 0 Å². The van der Waals surface area contributed by atoms with Crippen LogP contribution in [0.3, 0.4) is 0 Å². The Labute approximate surface area is 226 Å². The quantitative estimate of drug-likeness (QED) is 0.373. The zero-order valence-electron chi connectivity index (χ0n) is 22.4. The number of likely N-dealkylation sites (tertiary alicyclic amines) is 1. The van der Waals surface area contributed by atoms with E-state index in [9.17, 15) is 17.6 Å². The Kier molecular flexibility index (Phi) is 8.06. The fraction of sp³-hybridized carbons (Fsp3) is 0.536. The Morgan fingerprint density at radius 1 is 1.03 bits per heavy atom. The van der Waals surface area contributed by atoms with E-state index in [-0.39, 0.29) is 5.92 Å². The van der Waals surface area contributed by atoms with E-state index < -0.39 is 17.6 Å². The Morgan fingerprint density at radius 3 is 2.41 bits per heavy atom. The molecule has 210 valence electrons. The largest absolute Gasteiger partial charge is 0.419 e. The molecule has 0 saturated carbocycles. The van der Waals surface area contributed by atoms with Crippen LogP contribution in [0.25, 0.3) is 11.3 Å². The van der Waals surface area contributed by atoms with E-state index in [0.29, 0.717) is 11.3 Å². The minimum Gasteiger partial charge on any atom is -0.373 e. The molecule has 2 saturated heterocycles. The maximum atomic E-state index is 14.4. The minimum absolute atomic E-state index is 0.184. The lowest BCUT2D eigenvalue weighted by molar-refractivity contribution is -0.139. The molecule has 2 aliphatic rings. The summed E-state index contributed by atoms with van der Waals surface area (Å²) in [7, 11) is 1.86. The number of aromatic nitrogens is 4. The van der Waals surface area contributed by atoms with Gasteiger partial charge in [-0.2, -0.15) is 13.2 Å². The van der Waals surface area contributed by atoms with Gasteiger partial charge in [-0.1, -0.05) is 13.0 Å². The molecule has 2 fully saturated rings. The summed E-state index contributed by atoms with van der Waals surface area (Å²) in [6, 6.07) is 3.06. The van der Waals surface area contributed by atoms with Crippen LogP contribution in [0, 0.1) is 5.82 Å². The average Bonchev–Trinajstić information content (AvgIpc) is 3.61. The van der Waals surface area contributed by atoms with Crippen LogP contribution in [-0.2, 0) is 19.1 Å². The van der Waals surface area contributed by atoms with Crippen LogP contribution >= 0.6 is 0 Å². The summed E-state index contributed by atoms with van der Waals surface area (Å²) in [6.45, 7) is 7.49. The van der Waals surface area contributed by atoms with E-state index in [4.69, 9.17) is 4.98 Å². The SMILES string of the molecule is CCc1c(NC)ncnc1N1CCC(c2nc(-c3ccc(C(F)(F)F)c(F)c3)cn2CCN2CCCC2)CC1. The second-order valence-corrected chi connectivity index (χ2v) is 10.3. The standard InChI is InChI=1S/C28H35F4N7/c1-3-21-25(33-2)34-18-35-27(21)38-12-8-19(9-13-38)26-36-24(17-39(26)15-14-37-10-4-5-11-37)20-6-7-22(23(29)16-20)28(30,31)32/h6-7,16-19H,3-5,8-15H2,1-2H3,(H,33,34,35). The highest BCUT2D eigenvalue weighted by atomic mass is 19.4. The third-order valence-electron chi connectivity index (χ3n) is 7.91. The van der Waals surface area contributed by atoms with Crippen LogP contribution in [0.2, 0.25) is 0 Å². The molecule has 2 aliphatic heterocycles. The molecule has 0 atom stereocenters. The number of nitrogens with zero attached hydrogens (tertiary/aromatic N) is 6. The predicted molar refractivity (Wildman–Crippen MR) is 143 cm³/mol. The Morgan fingerprint density at radius 2 is 1.77 bits per heavy atom. The lowest BCUT2D eigenvalue weighted by atomic mass is 9.95. The molecule has 0 unspecified atom stereocenters. The van der Waals surface area contributed by atoms with E-state index in [2.05, 4.69) is 36.6 Å². The number of alkyl halides is 3. The van der Waals surface area contributed by atoms with Crippen LogP contribution in [0.4, 0.5) is 29.2 Å². The van der Waals surface area contributed by atoms with Crippen LogP contribution in [0.5, 0.6) is 0 Å². The Balaban J connectivity index is 1.39. The molecule has 7 nitrogen and oxygen atoms in total. The molecule has 0 radical (unpaired) electrons. The second-order valence-electron chi connectivity index (χ2n) is 10.3. The highest BCUT2D eigenvalue weighted by Crippen LogP contribution is 2.36. The molecule has 1 N–H and O–H groups in total. The molecule has 39 heavy (non-hydrogen) atoms. The normalized spacial score (nSPS) is 17.2. The number of imidazole rings is 1. The van der Waals surface area contributed by atoms with Gasteiger partial charge in [-0.3, -0.25) is 0 Å². The summed E-state index contributed by atoms with van der Waals surface area (Å²) in [5, 5.41) is 3.15. The number of rotatable bonds is 8. The van der Waals surface area contributed by atoms with Crippen molar-refractivity contribution in [2.45, 2.75) is 57.7 Å². The number of hydrogen-bond donors (Lipinski definition) is 1. The van der Waals surface area contributed by atoms with Crippen molar-refractivity contribution in [3.63, 3.8) is 0 Å². The molecule has 5 rings (SSSR count). The van der Waals surface area contributed by atoms with E-state index in [1.807, 2.05) is 13.2 Å². The Bertz CT molecular complexity index is 1280. The van der Waals surface area contributed by atoms with Crippen molar-refractivity contribution < 1.29 is 17.6 Å². The van der Waals surface area contributed by atoms with E-state index in [1.54, 1.807) is 6.33 Å². The van der Waals surface area contributed by atoms with E-state index in [0.717, 1.165) is 93.7 Å². The first-order valence-corrected chi connectivity index (χ1v) is 13.7. The number of piperidine rings is 1. The smallest absolute Gasteiger partial charge is 0.373 e. The van der Waals surface area contributed by atoms with Crippen LogP contribution < -0.4 is 10.2 Å². The maximum Gasteiger partial charge on any atom is 0.419 e. The fourth-order valence-electron chi connectivity index (χ4n) is 5.80. The van der Waals surface area contributed by atoms with Crippen LogP contribution in [0.15, 0.2) is 30.7 Å². The number of hydrogen-bond acceptors (Lipinski definition) is 6. The number of benzene rings is 1. The van der Waals surface area contributed by atoms with E-state index in [1.165, 1.54) is 18.9 Å². The highest BCUT2D eigenvalue weighted by Gasteiger charge is 2.34. The molecule has 0 aliphatic carbocycles. The number of halogens is 4. The monoisotopic (exact) mass is 545 g/mol. The topological polar surface area (TPSA) is 62.1 Å². The zero-order valence-corrected chi connectivity index (χ0v) is 22.4. The van der Waals surface area contributed by atoms with Gasteiger partial charge in [0.05, 0.1) is 11.3 Å². The molecule has 1 aromatic carbocycles. The molecule has 11 heteroatoms. The summed E-state index contributed by atoms with van der Waals surface area (Å²) in [4.78, 5) is 18.5. The van der Waals surface area contributed by atoms with Crippen LogP contribution in [-0.4, -0.2) is 64.2 Å². The first kappa shape index (κ1) is 27.4. The molecule has 0 bridgehead atoms. The van der Waals surface area contributed by atoms with Gasteiger partial charge in [0.25, 0.3) is 0 Å². The fourth-order valence-corrected chi connectivity index (χ4v) is 5.80. The molecule has 2 aromatic heterocycles. The van der Waals surface area contributed by atoms with Crippen molar-refractivity contribution in [3.05, 3.63) is 53.5 Å². The zero-order chi connectivity index (χ0) is 27.6. The minimum atomic E-state index is -4.73. The van der Waals surface area contributed by atoms with Crippen LogP contribution in [0.1, 0.15) is 55.5 Å². The molecule has 0 amide bonds. The van der Waals surface area contributed by atoms with Crippen molar-refractivity contribution in [1.29, 1.82) is 0 Å². The van der Waals surface area contributed by atoms with Crippen molar-refractivity contribution in [2.75, 3.05) is 50.0 Å². The average molecular weight is 546 g/mol. The van der Waals surface area contributed by atoms with E-state index >= 15 is 0 Å². The number of anilines is 2. The third-order valence-corrected chi connectivity index (χ3v) is 7.91. The van der Waals surface area contributed by atoms with Gasteiger partial charge >= 0.3 is 6.18 Å². The summed E-state index contributed by atoms with van der Waals surface area (Å²) in [5.74, 6) is 1.62. The van der Waals surface area contributed by atoms with Crippen molar-refractivity contribution in [3.8, 4) is 11.3 Å². The van der Waals surface area contributed by atoms with Gasteiger partial charge in [0.15, 0.2) is 0 Å². The highest BCUT2D eigenvalue weighted by molar-refractivity contribution is 5.60. The summed E-state index contributed by atoms with van der Waals surface area (Å²) in [6.07, 6.45) is 3.68. The summed E-state index contributed by atoms with van der Waals surface area (Å²) < 4.78 is 55.8. The predicted octanol–water partition coefficient (Wildman–Crippen LogP) is 5.58. The molecule has 4 heterocycles. The molecule has 0 spiro atoms. The van der Waals surface area contributed by atoms with Gasteiger partial charge in [-0.25, -0.2) is 19.3 Å². The van der Waals surface area contributed by atoms with Gasteiger partial charge in [0.2, 0.25) is 0 Å². The second kappa shape index (κ2) is 11.5. The van der Waals surface area contributed by atoms with Gasteiger partial charge in [0, 0.05) is 56.5 Å². The maximum absolute atomic E-state index is 14.4. The summed E-state index contributed by atoms with van der Waals surface area (Å²) in [5.41, 5.74) is 0.693. The van der Waals surface area contributed by atoms with Crippen molar-refractivity contribution >= 4 is 11.6 Å². The van der Waals surface area contributed by atoms with Gasteiger partial charge < -0.3 is 19.7 Å². The molecular weight excluding hydrogens is 510 g/mol. The first-order chi connectivity index (χ1) is 18.8. The lowest BCUT2D eigenvalue weighted by Gasteiger charge is -2.34. The Hall–Kier alpha value is -3.21. The third kappa shape index (κ3) is 5.88. The molecular formula is C28H35F4N7. The lowest BCUT2D eigenvalue weighted by Crippen LogP contribution is -2.35. The van der Waals surface area contributed by atoms with Crippen molar-refractivity contribution in [1.82, 2.24) is 24.4 Å². The van der Waals surface area contributed by atoms with Gasteiger partial charge in [0.1, 0.15) is 29.6 Å². The van der Waals surface area contributed by atoms with Gasteiger partial charge in [-0.15, -0.1) is 0 Å².